The van der Waals surface area contributed by atoms with Gasteiger partial charge in [0.25, 0.3) is 11.8 Å². The van der Waals surface area contributed by atoms with E-state index in [9.17, 15) is 14.4 Å². The summed E-state index contributed by atoms with van der Waals surface area (Å²) in [6.45, 7) is 15.3. The summed E-state index contributed by atoms with van der Waals surface area (Å²) in [6.07, 6.45) is 2.79. The number of fused-ring (bicyclic) bond motifs is 2. The predicted octanol–water partition coefficient (Wildman–Crippen LogP) is 5.61. The van der Waals surface area contributed by atoms with Gasteiger partial charge in [-0.25, -0.2) is 9.31 Å². The van der Waals surface area contributed by atoms with Gasteiger partial charge in [-0.05, 0) is 59.2 Å². The third kappa shape index (κ3) is 5.77. The smallest absolute Gasteiger partial charge is 0.408 e. The van der Waals surface area contributed by atoms with Crippen LogP contribution in [0.4, 0.5) is 4.79 Å². The maximum Gasteiger partial charge on any atom is 0.408 e. The van der Waals surface area contributed by atoms with Crippen LogP contribution in [0.1, 0.15) is 73.6 Å². The molecule has 11 nitrogen and oxygen atoms in total. The summed E-state index contributed by atoms with van der Waals surface area (Å²) in [7, 11) is 1.58. The van der Waals surface area contributed by atoms with Crippen molar-refractivity contribution in [2.45, 2.75) is 73.1 Å². The van der Waals surface area contributed by atoms with E-state index in [-0.39, 0.29) is 23.9 Å². The third-order valence-electron chi connectivity index (χ3n) is 7.07. The van der Waals surface area contributed by atoms with Crippen LogP contribution in [0.2, 0.25) is 0 Å². The Bertz CT molecular complexity index is 1650. The molecule has 2 unspecified atom stereocenters. The first-order valence-corrected chi connectivity index (χ1v) is 14.1. The molecule has 42 heavy (non-hydrogen) atoms. The number of carbonyl (C=O) groups excluding carboxylic acids is 3. The van der Waals surface area contributed by atoms with Crippen molar-refractivity contribution in [3.8, 4) is 11.5 Å². The Balaban J connectivity index is 0.00000198. The average molecular weight is 578 g/mol. The van der Waals surface area contributed by atoms with Gasteiger partial charge < -0.3 is 29.4 Å². The number of hydrogen-bond acceptors (Lipinski definition) is 7. The molecule has 5 rings (SSSR count). The molecular weight excluding hydrogens is 538 g/mol. The molecule has 3 amide bonds. The van der Waals surface area contributed by atoms with Crippen molar-refractivity contribution in [1.82, 2.24) is 25.1 Å². The molecule has 4 aromatic rings. The second kappa shape index (κ2) is 11.8. The van der Waals surface area contributed by atoms with Crippen LogP contribution < -0.4 is 15.4 Å². The summed E-state index contributed by atoms with van der Waals surface area (Å²) >= 11 is 0. The number of aromatic nitrogens is 2. The number of ether oxygens (including phenoxy) is 2. The van der Waals surface area contributed by atoms with Crippen LogP contribution in [-0.2, 0) is 4.74 Å². The monoisotopic (exact) mass is 577 g/mol. The van der Waals surface area contributed by atoms with Gasteiger partial charge in [-0.3, -0.25) is 9.59 Å². The zero-order valence-corrected chi connectivity index (χ0v) is 25.6. The molecule has 1 fully saturated rings. The van der Waals surface area contributed by atoms with Gasteiger partial charge in [0.1, 0.15) is 28.2 Å². The lowest BCUT2D eigenvalue weighted by molar-refractivity contribution is 0.0197. The molecule has 1 aliphatic rings. The number of alkyl carbamates (subject to hydrolysis) is 1. The van der Waals surface area contributed by atoms with E-state index in [0.717, 1.165) is 5.56 Å². The first kappa shape index (κ1) is 30.4. The van der Waals surface area contributed by atoms with Gasteiger partial charge >= 0.3 is 6.09 Å². The number of amides is 3. The Labute approximate surface area is 245 Å². The first-order valence-electron chi connectivity index (χ1n) is 14.1. The topological polar surface area (TPSA) is 127 Å². The number of carbonyl (C=O) groups is 3. The fourth-order valence-electron chi connectivity index (χ4n) is 4.98. The Morgan fingerprint density at radius 1 is 1.12 bits per heavy atom. The number of likely N-dealkylation sites (tertiary alicyclic amines) is 1. The Hall–Kier alpha value is -4.54. The maximum absolute atomic E-state index is 13.5. The highest BCUT2D eigenvalue weighted by Gasteiger charge is 2.41. The minimum absolute atomic E-state index is 0.155. The molecule has 2 N–H and O–H groups in total. The van der Waals surface area contributed by atoms with Gasteiger partial charge in [-0.2, -0.15) is 5.10 Å². The number of benzene rings is 1. The Morgan fingerprint density at radius 2 is 1.83 bits per heavy atom. The Morgan fingerprint density at radius 3 is 2.48 bits per heavy atom. The lowest BCUT2D eigenvalue weighted by Crippen LogP contribution is -2.67. The van der Waals surface area contributed by atoms with Crippen molar-refractivity contribution in [2.75, 3.05) is 13.6 Å². The van der Waals surface area contributed by atoms with Crippen molar-refractivity contribution in [1.29, 1.82) is 0 Å². The third-order valence-corrected chi connectivity index (χ3v) is 7.07. The van der Waals surface area contributed by atoms with E-state index >= 15 is 0 Å². The molecule has 11 heteroatoms. The standard InChI is InChI=1S/C29H33N5O6.C2H6/c1-15-20(27(36)33-14-21(16(33)2)32-28(37)40-29(4,5)6)13-34-25(15)22(10-11-31-34)39-18-8-9-19-23(12-18)38-17(3)24(19)26(35)30-7;1-2/h8-13,16,21H,14H2,1-7H3,(H,30,35)(H,32,37);1-2H3. The molecule has 0 aliphatic carbocycles. The molecule has 3 aromatic heterocycles. The highest BCUT2D eigenvalue weighted by molar-refractivity contribution is 6.07. The highest BCUT2D eigenvalue weighted by Crippen LogP contribution is 2.34. The van der Waals surface area contributed by atoms with E-state index < -0.39 is 11.7 Å². The summed E-state index contributed by atoms with van der Waals surface area (Å²) < 4.78 is 19.0. The van der Waals surface area contributed by atoms with E-state index in [1.54, 1.807) is 80.8 Å². The van der Waals surface area contributed by atoms with Crippen molar-refractivity contribution >= 4 is 34.4 Å². The van der Waals surface area contributed by atoms with Crippen LogP contribution >= 0.6 is 0 Å². The van der Waals surface area contributed by atoms with E-state index in [2.05, 4.69) is 15.7 Å². The zero-order chi connectivity index (χ0) is 30.9. The lowest BCUT2D eigenvalue weighted by Gasteiger charge is -2.46. The number of nitrogens with one attached hydrogen (secondary N) is 2. The van der Waals surface area contributed by atoms with Crippen molar-refractivity contribution in [2.24, 2.45) is 0 Å². The van der Waals surface area contributed by atoms with Gasteiger partial charge in [0.2, 0.25) is 0 Å². The molecule has 2 atom stereocenters. The van der Waals surface area contributed by atoms with E-state index in [0.29, 0.717) is 51.4 Å². The second-order valence-corrected chi connectivity index (χ2v) is 11.0. The van der Waals surface area contributed by atoms with Gasteiger partial charge in [-0.15, -0.1) is 0 Å². The zero-order valence-electron chi connectivity index (χ0n) is 25.6. The summed E-state index contributed by atoms with van der Waals surface area (Å²) in [5.74, 6) is 1.18. The average Bonchev–Trinajstić information content (AvgIpc) is 3.46. The molecule has 1 aromatic carbocycles. The Kier molecular flexibility index (Phi) is 8.51. The van der Waals surface area contributed by atoms with Crippen LogP contribution in [0, 0.1) is 13.8 Å². The van der Waals surface area contributed by atoms with Crippen LogP contribution in [0.15, 0.2) is 41.1 Å². The van der Waals surface area contributed by atoms with Gasteiger partial charge in [-0.1, -0.05) is 13.8 Å². The minimum atomic E-state index is -0.597. The summed E-state index contributed by atoms with van der Waals surface area (Å²) in [6, 6.07) is 6.63. The molecular formula is C31H39N5O6. The number of furan rings is 1. The normalized spacial score (nSPS) is 16.4. The predicted molar refractivity (Wildman–Crippen MR) is 159 cm³/mol. The van der Waals surface area contributed by atoms with Gasteiger partial charge in [0, 0.05) is 37.3 Å². The van der Waals surface area contributed by atoms with E-state index in [4.69, 9.17) is 13.9 Å². The quantitative estimate of drug-likeness (QED) is 0.315. The van der Waals surface area contributed by atoms with Crippen molar-refractivity contribution < 1.29 is 28.3 Å². The first-order chi connectivity index (χ1) is 19.9. The number of hydrogen-bond donors (Lipinski definition) is 2. The van der Waals surface area contributed by atoms with Gasteiger partial charge in [0.15, 0.2) is 5.75 Å². The number of nitrogens with zero attached hydrogens (tertiary/aromatic N) is 3. The molecule has 1 aliphatic heterocycles. The fourth-order valence-corrected chi connectivity index (χ4v) is 4.98. The molecule has 0 bridgehead atoms. The van der Waals surface area contributed by atoms with Gasteiger partial charge in [0.05, 0.1) is 29.4 Å². The summed E-state index contributed by atoms with van der Waals surface area (Å²) in [5.41, 5.74) is 2.30. The maximum atomic E-state index is 13.5. The molecule has 0 saturated carbocycles. The molecule has 4 heterocycles. The minimum Gasteiger partial charge on any atom is -0.460 e. The second-order valence-electron chi connectivity index (χ2n) is 11.0. The SMILES string of the molecule is CC.CNC(=O)c1c(C)oc2cc(Oc3ccnn4cc(C(=O)N5CC(NC(=O)OC(C)(C)C)C5C)c(C)c34)ccc12. The largest absolute Gasteiger partial charge is 0.460 e. The fraction of sp³-hybridized carbons (Fsp3) is 0.419. The molecule has 0 radical (unpaired) electrons. The van der Waals surface area contributed by atoms with Crippen LogP contribution in [0.5, 0.6) is 11.5 Å². The van der Waals surface area contributed by atoms with E-state index in [1.807, 2.05) is 27.7 Å². The molecule has 224 valence electrons. The molecule has 0 spiro atoms. The van der Waals surface area contributed by atoms with E-state index in [1.165, 1.54) is 0 Å². The van der Waals surface area contributed by atoms with Crippen LogP contribution in [0.25, 0.3) is 16.5 Å². The van der Waals surface area contributed by atoms with Crippen molar-refractivity contribution in [3.63, 3.8) is 0 Å². The number of rotatable bonds is 5. The lowest BCUT2D eigenvalue weighted by atomic mass is 9.96. The van der Waals surface area contributed by atoms with Crippen LogP contribution in [-0.4, -0.2) is 63.7 Å². The summed E-state index contributed by atoms with van der Waals surface area (Å²) in [4.78, 5) is 39.6. The highest BCUT2D eigenvalue weighted by atomic mass is 16.6. The van der Waals surface area contributed by atoms with Crippen LogP contribution in [0.3, 0.4) is 0 Å². The molecule has 1 saturated heterocycles. The van der Waals surface area contributed by atoms with Crippen molar-refractivity contribution in [3.05, 3.63) is 59.1 Å². The summed E-state index contributed by atoms with van der Waals surface area (Å²) in [5, 5.41) is 10.6. The number of aryl methyl sites for hydroxylation is 2.